The Balaban J connectivity index is 2.00. The summed E-state index contributed by atoms with van der Waals surface area (Å²) < 4.78 is 9.62. The van der Waals surface area contributed by atoms with Crippen LogP contribution in [0.1, 0.15) is 0 Å². The SMILES string of the molecule is COc1ccc(Nc2cc(NCOC=O)ncn2)cc1. The van der Waals surface area contributed by atoms with Gasteiger partial charge in [-0.15, -0.1) is 0 Å². The summed E-state index contributed by atoms with van der Waals surface area (Å²) in [6.45, 7) is 0.424. The quantitative estimate of drug-likeness (QED) is 0.452. The molecule has 0 aliphatic rings. The van der Waals surface area contributed by atoms with Crippen molar-refractivity contribution < 1.29 is 14.3 Å². The van der Waals surface area contributed by atoms with E-state index >= 15 is 0 Å². The van der Waals surface area contributed by atoms with Crippen LogP contribution in [-0.4, -0.2) is 30.3 Å². The second kappa shape index (κ2) is 6.93. The van der Waals surface area contributed by atoms with Gasteiger partial charge in [-0.1, -0.05) is 0 Å². The number of nitrogens with one attached hydrogen (secondary N) is 2. The lowest BCUT2D eigenvalue weighted by Gasteiger charge is -2.08. The highest BCUT2D eigenvalue weighted by Gasteiger charge is 2.00. The van der Waals surface area contributed by atoms with Gasteiger partial charge in [0.1, 0.15) is 23.7 Å². The van der Waals surface area contributed by atoms with Crippen LogP contribution in [0.3, 0.4) is 0 Å². The minimum Gasteiger partial charge on any atom is -0.497 e. The first-order chi connectivity index (χ1) is 9.81. The Morgan fingerprint density at radius 1 is 1.20 bits per heavy atom. The van der Waals surface area contributed by atoms with Crippen LogP contribution in [0.2, 0.25) is 0 Å². The highest BCUT2D eigenvalue weighted by Crippen LogP contribution is 2.19. The van der Waals surface area contributed by atoms with Crippen molar-refractivity contribution in [1.82, 2.24) is 9.97 Å². The monoisotopic (exact) mass is 274 g/mol. The zero-order chi connectivity index (χ0) is 14.2. The smallest absolute Gasteiger partial charge is 0.294 e. The number of anilines is 3. The van der Waals surface area contributed by atoms with Crippen molar-refractivity contribution in [3.63, 3.8) is 0 Å². The molecule has 20 heavy (non-hydrogen) atoms. The summed E-state index contributed by atoms with van der Waals surface area (Å²) in [4.78, 5) is 18.1. The molecule has 1 heterocycles. The molecule has 7 nitrogen and oxygen atoms in total. The highest BCUT2D eigenvalue weighted by atomic mass is 16.5. The van der Waals surface area contributed by atoms with E-state index in [0.29, 0.717) is 18.1 Å². The number of benzene rings is 1. The molecular weight excluding hydrogens is 260 g/mol. The Kier molecular flexibility index (Phi) is 4.71. The number of hydrogen-bond donors (Lipinski definition) is 2. The molecular formula is C13H14N4O3. The summed E-state index contributed by atoms with van der Waals surface area (Å²) in [5, 5.41) is 5.95. The molecule has 1 aromatic heterocycles. The van der Waals surface area contributed by atoms with E-state index in [0.717, 1.165) is 11.4 Å². The fourth-order valence-electron chi connectivity index (χ4n) is 1.49. The van der Waals surface area contributed by atoms with Crippen LogP contribution in [0.4, 0.5) is 17.3 Å². The van der Waals surface area contributed by atoms with Gasteiger partial charge < -0.3 is 20.1 Å². The second-order valence-electron chi connectivity index (χ2n) is 3.73. The number of methoxy groups -OCH3 is 1. The summed E-state index contributed by atoms with van der Waals surface area (Å²) in [7, 11) is 1.62. The first kappa shape index (κ1) is 13.6. The van der Waals surface area contributed by atoms with Crippen molar-refractivity contribution in [3.8, 4) is 5.75 Å². The number of nitrogens with zero attached hydrogens (tertiary/aromatic N) is 2. The average molecular weight is 274 g/mol. The zero-order valence-corrected chi connectivity index (χ0v) is 10.9. The van der Waals surface area contributed by atoms with Crippen molar-refractivity contribution in [3.05, 3.63) is 36.7 Å². The summed E-state index contributed by atoms with van der Waals surface area (Å²) in [5.41, 5.74) is 0.875. The van der Waals surface area contributed by atoms with Crippen molar-refractivity contribution >= 4 is 23.8 Å². The molecule has 2 N–H and O–H groups in total. The fourth-order valence-corrected chi connectivity index (χ4v) is 1.49. The van der Waals surface area contributed by atoms with E-state index in [2.05, 4.69) is 25.3 Å². The van der Waals surface area contributed by atoms with E-state index in [4.69, 9.17) is 4.74 Å². The average Bonchev–Trinajstić information content (AvgIpc) is 2.49. The normalized spacial score (nSPS) is 9.65. The summed E-state index contributed by atoms with van der Waals surface area (Å²) in [5.74, 6) is 1.96. The number of hydrogen-bond acceptors (Lipinski definition) is 7. The standard InChI is InChI=1S/C13H14N4O3/c1-19-11-4-2-10(3-5-11)17-13-6-12(14-7-15-13)16-8-20-9-18/h2-7,9H,8H2,1H3,(H2,14,15,16,17). The maximum absolute atomic E-state index is 10.0. The number of carbonyl (C=O) groups is 1. The van der Waals surface area contributed by atoms with Crippen LogP contribution in [0.15, 0.2) is 36.7 Å². The minimum atomic E-state index is 0.0580. The zero-order valence-electron chi connectivity index (χ0n) is 10.9. The molecule has 0 amide bonds. The molecule has 0 fully saturated rings. The predicted molar refractivity (Wildman–Crippen MR) is 73.9 cm³/mol. The molecule has 0 aliphatic heterocycles. The van der Waals surface area contributed by atoms with Crippen molar-refractivity contribution in [2.24, 2.45) is 0 Å². The minimum absolute atomic E-state index is 0.0580. The molecule has 0 radical (unpaired) electrons. The molecule has 0 saturated carbocycles. The molecule has 0 bridgehead atoms. The van der Waals surface area contributed by atoms with Gasteiger partial charge in [-0.25, -0.2) is 9.97 Å². The number of rotatable bonds is 7. The molecule has 7 heteroatoms. The van der Waals surface area contributed by atoms with Gasteiger partial charge in [-0.05, 0) is 24.3 Å². The second-order valence-corrected chi connectivity index (χ2v) is 3.73. The third-order valence-corrected chi connectivity index (χ3v) is 2.43. The Bertz CT molecular complexity index is 560. The third-order valence-electron chi connectivity index (χ3n) is 2.43. The van der Waals surface area contributed by atoms with Crippen LogP contribution in [0, 0.1) is 0 Å². The molecule has 0 saturated heterocycles. The molecule has 2 aromatic rings. The van der Waals surface area contributed by atoms with Gasteiger partial charge in [0.15, 0.2) is 6.73 Å². The largest absolute Gasteiger partial charge is 0.497 e. The Labute approximate surface area is 116 Å². The number of carbonyl (C=O) groups excluding carboxylic acids is 1. The molecule has 104 valence electrons. The van der Waals surface area contributed by atoms with Crippen LogP contribution in [-0.2, 0) is 9.53 Å². The van der Waals surface area contributed by atoms with E-state index in [1.54, 1.807) is 13.2 Å². The third kappa shape index (κ3) is 3.84. The highest BCUT2D eigenvalue weighted by molar-refractivity contribution is 5.59. The lowest BCUT2D eigenvalue weighted by atomic mass is 10.3. The maximum atomic E-state index is 10.0. The molecule has 2 rings (SSSR count). The van der Waals surface area contributed by atoms with Crippen molar-refractivity contribution in [1.29, 1.82) is 0 Å². The molecule has 0 unspecified atom stereocenters. The van der Waals surface area contributed by atoms with Gasteiger partial charge in [-0.3, -0.25) is 4.79 Å². The van der Waals surface area contributed by atoms with E-state index in [-0.39, 0.29) is 6.73 Å². The van der Waals surface area contributed by atoms with Crippen molar-refractivity contribution in [2.45, 2.75) is 0 Å². The lowest BCUT2D eigenvalue weighted by Crippen LogP contribution is -2.07. The van der Waals surface area contributed by atoms with E-state index in [1.807, 2.05) is 24.3 Å². The van der Waals surface area contributed by atoms with Crippen LogP contribution < -0.4 is 15.4 Å². The summed E-state index contributed by atoms with van der Waals surface area (Å²) in [6.07, 6.45) is 1.41. The topological polar surface area (TPSA) is 85.4 Å². The summed E-state index contributed by atoms with van der Waals surface area (Å²) in [6, 6.07) is 9.16. The lowest BCUT2D eigenvalue weighted by molar-refractivity contribution is -0.127. The van der Waals surface area contributed by atoms with Crippen molar-refractivity contribution in [2.75, 3.05) is 24.5 Å². The first-order valence-electron chi connectivity index (χ1n) is 5.84. The molecule has 0 spiro atoms. The van der Waals surface area contributed by atoms with Gasteiger partial charge in [-0.2, -0.15) is 0 Å². The van der Waals surface area contributed by atoms with E-state index in [9.17, 15) is 4.79 Å². The maximum Gasteiger partial charge on any atom is 0.294 e. The predicted octanol–water partition coefficient (Wildman–Crippen LogP) is 1.77. The molecule has 0 aliphatic carbocycles. The van der Waals surface area contributed by atoms with Crippen LogP contribution in [0.5, 0.6) is 5.75 Å². The number of aromatic nitrogens is 2. The summed E-state index contributed by atoms with van der Waals surface area (Å²) >= 11 is 0. The van der Waals surface area contributed by atoms with Crippen LogP contribution >= 0.6 is 0 Å². The molecule has 1 aromatic carbocycles. The van der Waals surface area contributed by atoms with Gasteiger partial charge in [0.05, 0.1) is 7.11 Å². The van der Waals surface area contributed by atoms with E-state index < -0.39 is 0 Å². The first-order valence-corrected chi connectivity index (χ1v) is 5.84. The molecule has 0 atom stereocenters. The van der Waals surface area contributed by atoms with E-state index in [1.165, 1.54) is 6.33 Å². The van der Waals surface area contributed by atoms with Crippen LogP contribution in [0.25, 0.3) is 0 Å². The Morgan fingerprint density at radius 2 is 1.95 bits per heavy atom. The number of ether oxygens (including phenoxy) is 2. The fraction of sp³-hybridized carbons (Fsp3) is 0.154. The van der Waals surface area contributed by atoms with Gasteiger partial charge in [0.2, 0.25) is 0 Å². The Hall–Kier alpha value is -2.83. The van der Waals surface area contributed by atoms with Gasteiger partial charge in [0, 0.05) is 11.8 Å². The Morgan fingerprint density at radius 3 is 2.65 bits per heavy atom. The van der Waals surface area contributed by atoms with Gasteiger partial charge >= 0.3 is 0 Å². The van der Waals surface area contributed by atoms with Gasteiger partial charge in [0.25, 0.3) is 6.47 Å².